The van der Waals surface area contributed by atoms with Gasteiger partial charge in [0.2, 0.25) is 0 Å². The van der Waals surface area contributed by atoms with Gasteiger partial charge in [0.05, 0.1) is 18.7 Å². The van der Waals surface area contributed by atoms with Gasteiger partial charge in [-0.1, -0.05) is 12.1 Å². The number of ether oxygens (including phenoxy) is 1. The lowest BCUT2D eigenvalue weighted by Gasteiger charge is -2.07. The van der Waals surface area contributed by atoms with E-state index in [1.165, 1.54) is 0 Å². The zero-order valence-corrected chi connectivity index (χ0v) is 11.6. The Bertz CT molecular complexity index is 656. The zero-order chi connectivity index (χ0) is 14.5. The van der Waals surface area contributed by atoms with E-state index in [0.717, 1.165) is 11.1 Å². The van der Waals surface area contributed by atoms with Gasteiger partial charge < -0.3 is 9.30 Å². The minimum atomic E-state index is -0.327. The van der Waals surface area contributed by atoms with E-state index in [0.29, 0.717) is 18.7 Å². The number of hydrogen-bond donors (Lipinski definition) is 0. The molecule has 0 aliphatic carbocycles. The third kappa shape index (κ3) is 3.35. The van der Waals surface area contributed by atoms with Crippen LogP contribution in [0.2, 0.25) is 0 Å². The number of carbonyl (C=O) groups excluding carboxylic acids is 1. The number of esters is 1. The highest BCUT2D eigenvalue weighted by molar-refractivity contribution is 5.89. The second-order valence-electron chi connectivity index (χ2n) is 4.59. The third-order valence-corrected chi connectivity index (χ3v) is 2.97. The molecule has 104 valence electrons. The van der Waals surface area contributed by atoms with Crippen molar-refractivity contribution < 1.29 is 9.53 Å². The quantitative estimate of drug-likeness (QED) is 0.802. The first kappa shape index (κ1) is 14.1. The Morgan fingerprint density at radius 1 is 1.20 bits per heavy atom. The van der Waals surface area contributed by atoms with E-state index in [2.05, 4.69) is 0 Å². The molecule has 4 nitrogen and oxygen atoms in total. The van der Waals surface area contributed by atoms with Crippen LogP contribution in [0.3, 0.4) is 0 Å². The maximum Gasteiger partial charge on any atom is 0.338 e. The van der Waals surface area contributed by atoms with Gasteiger partial charge in [-0.25, -0.2) is 4.79 Å². The van der Waals surface area contributed by atoms with Crippen molar-refractivity contribution >= 4 is 5.97 Å². The van der Waals surface area contributed by atoms with Crippen LogP contribution in [-0.4, -0.2) is 17.1 Å². The Hall–Kier alpha value is -2.36. The second-order valence-corrected chi connectivity index (χ2v) is 4.59. The van der Waals surface area contributed by atoms with E-state index in [9.17, 15) is 9.59 Å². The summed E-state index contributed by atoms with van der Waals surface area (Å²) in [5, 5.41) is 0. The van der Waals surface area contributed by atoms with Crippen LogP contribution in [0.15, 0.2) is 47.4 Å². The summed E-state index contributed by atoms with van der Waals surface area (Å²) in [6.07, 6.45) is 1.77. The summed E-state index contributed by atoms with van der Waals surface area (Å²) in [6, 6.07) is 10.6. The van der Waals surface area contributed by atoms with Crippen molar-refractivity contribution in [2.24, 2.45) is 0 Å². The van der Waals surface area contributed by atoms with Crippen LogP contribution in [0.5, 0.6) is 0 Å². The minimum absolute atomic E-state index is 0.0283. The Labute approximate surface area is 117 Å². The third-order valence-electron chi connectivity index (χ3n) is 2.97. The fourth-order valence-electron chi connectivity index (χ4n) is 1.89. The first-order valence-electron chi connectivity index (χ1n) is 6.53. The van der Waals surface area contributed by atoms with Crippen LogP contribution in [0, 0.1) is 6.92 Å². The van der Waals surface area contributed by atoms with Crippen molar-refractivity contribution in [3.05, 3.63) is 69.6 Å². The first-order chi connectivity index (χ1) is 9.60. The molecule has 20 heavy (non-hydrogen) atoms. The van der Waals surface area contributed by atoms with Gasteiger partial charge in [0.15, 0.2) is 0 Å². The second kappa shape index (κ2) is 6.19. The van der Waals surface area contributed by atoms with Crippen molar-refractivity contribution in [2.75, 3.05) is 6.61 Å². The molecule has 0 bridgehead atoms. The van der Waals surface area contributed by atoms with Crippen LogP contribution in [0.4, 0.5) is 0 Å². The van der Waals surface area contributed by atoms with Gasteiger partial charge in [-0.05, 0) is 43.2 Å². The molecule has 0 spiro atoms. The molecule has 0 amide bonds. The van der Waals surface area contributed by atoms with E-state index < -0.39 is 0 Å². The molecule has 0 saturated heterocycles. The molecule has 2 rings (SSSR count). The Kier molecular flexibility index (Phi) is 4.35. The molecule has 0 aliphatic heterocycles. The Morgan fingerprint density at radius 2 is 1.90 bits per heavy atom. The Morgan fingerprint density at radius 3 is 2.50 bits per heavy atom. The lowest BCUT2D eigenvalue weighted by molar-refractivity contribution is 0.0526. The van der Waals surface area contributed by atoms with E-state index in [4.69, 9.17) is 4.74 Å². The predicted octanol–water partition coefficient (Wildman–Crippen LogP) is 2.38. The lowest BCUT2D eigenvalue weighted by Crippen LogP contribution is -2.19. The van der Waals surface area contributed by atoms with E-state index in [-0.39, 0.29) is 11.5 Å². The SMILES string of the molecule is CCOC(=O)c1ccc(Cn2ccc(C)cc2=O)cc1. The molecule has 0 atom stereocenters. The summed E-state index contributed by atoms with van der Waals surface area (Å²) >= 11 is 0. The van der Waals surface area contributed by atoms with E-state index in [1.54, 1.807) is 35.9 Å². The number of hydrogen-bond acceptors (Lipinski definition) is 3. The molecular formula is C16H17NO3. The summed E-state index contributed by atoms with van der Waals surface area (Å²) in [4.78, 5) is 23.3. The van der Waals surface area contributed by atoms with Crippen molar-refractivity contribution in [1.29, 1.82) is 0 Å². The summed E-state index contributed by atoms with van der Waals surface area (Å²) in [5.74, 6) is -0.327. The highest BCUT2D eigenvalue weighted by Crippen LogP contribution is 2.07. The number of rotatable bonds is 4. The fourth-order valence-corrected chi connectivity index (χ4v) is 1.89. The van der Waals surface area contributed by atoms with Gasteiger partial charge in [0.1, 0.15) is 0 Å². The molecule has 4 heteroatoms. The number of aromatic nitrogens is 1. The molecule has 0 fully saturated rings. The average Bonchev–Trinajstić information content (AvgIpc) is 2.43. The molecular weight excluding hydrogens is 254 g/mol. The number of aryl methyl sites for hydroxylation is 1. The van der Waals surface area contributed by atoms with Crippen LogP contribution < -0.4 is 5.56 Å². The number of nitrogens with zero attached hydrogens (tertiary/aromatic N) is 1. The minimum Gasteiger partial charge on any atom is -0.462 e. The maximum absolute atomic E-state index is 11.8. The number of carbonyl (C=O) groups is 1. The molecule has 0 aliphatic rings. The van der Waals surface area contributed by atoms with Crippen LogP contribution in [0.25, 0.3) is 0 Å². The molecule has 0 N–H and O–H groups in total. The standard InChI is InChI=1S/C16H17NO3/c1-3-20-16(19)14-6-4-13(5-7-14)11-17-9-8-12(2)10-15(17)18/h4-10H,3,11H2,1-2H3. The Balaban J connectivity index is 2.14. The van der Waals surface area contributed by atoms with Gasteiger partial charge >= 0.3 is 5.97 Å². The van der Waals surface area contributed by atoms with Crippen LogP contribution in [-0.2, 0) is 11.3 Å². The fraction of sp³-hybridized carbons (Fsp3) is 0.250. The maximum atomic E-state index is 11.8. The topological polar surface area (TPSA) is 48.3 Å². The smallest absolute Gasteiger partial charge is 0.338 e. The van der Waals surface area contributed by atoms with Crippen LogP contribution >= 0.6 is 0 Å². The molecule has 2 aromatic rings. The first-order valence-corrected chi connectivity index (χ1v) is 6.53. The number of pyridine rings is 1. The largest absolute Gasteiger partial charge is 0.462 e. The van der Waals surface area contributed by atoms with Gasteiger partial charge in [0.25, 0.3) is 5.56 Å². The zero-order valence-electron chi connectivity index (χ0n) is 11.6. The predicted molar refractivity (Wildman–Crippen MR) is 76.9 cm³/mol. The molecule has 0 unspecified atom stereocenters. The molecule has 1 aromatic heterocycles. The summed E-state index contributed by atoms with van der Waals surface area (Å²) < 4.78 is 6.56. The van der Waals surface area contributed by atoms with Crippen molar-refractivity contribution in [2.45, 2.75) is 20.4 Å². The molecule has 1 aromatic carbocycles. The van der Waals surface area contributed by atoms with Gasteiger partial charge in [-0.2, -0.15) is 0 Å². The van der Waals surface area contributed by atoms with Gasteiger partial charge in [-0.3, -0.25) is 4.79 Å². The summed E-state index contributed by atoms with van der Waals surface area (Å²) in [5.41, 5.74) is 2.40. The van der Waals surface area contributed by atoms with Crippen molar-refractivity contribution in [3.63, 3.8) is 0 Å². The van der Waals surface area contributed by atoms with E-state index >= 15 is 0 Å². The highest BCUT2D eigenvalue weighted by atomic mass is 16.5. The van der Waals surface area contributed by atoms with E-state index in [1.807, 2.05) is 25.1 Å². The lowest BCUT2D eigenvalue weighted by atomic mass is 10.1. The average molecular weight is 271 g/mol. The normalized spacial score (nSPS) is 10.3. The number of benzene rings is 1. The molecule has 0 radical (unpaired) electrons. The molecule has 1 heterocycles. The van der Waals surface area contributed by atoms with Gasteiger partial charge in [0, 0.05) is 12.3 Å². The van der Waals surface area contributed by atoms with Crippen LogP contribution in [0.1, 0.15) is 28.4 Å². The monoisotopic (exact) mass is 271 g/mol. The summed E-state index contributed by atoms with van der Waals surface area (Å²) in [6.45, 7) is 4.51. The van der Waals surface area contributed by atoms with Crippen molar-refractivity contribution in [3.8, 4) is 0 Å². The highest BCUT2D eigenvalue weighted by Gasteiger charge is 2.06. The molecule has 0 saturated carbocycles. The summed E-state index contributed by atoms with van der Waals surface area (Å²) in [7, 11) is 0. The van der Waals surface area contributed by atoms with Crippen molar-refractivity contribution in [1.82, 2.24) is 4.57 Å². The van der Waals surface area contributed by atoms with Gasteiger partial charge in [-0.15, -0.1) is 0 Å².